The van der Waals surface area contributed by atoms with E-state index in [0.29, 0.717) is 17.4 Å². The third-order valence-corrected chi connectivity index (χ3v) is 8.27. The normalized spacial score (nSPS) is 17.3. The zero-order valence-electron chi connectivity index (χ0n) is 17.7. The maximum atomic E-state index is 12.5. The van der Waals surface area contributed by atoms with Gasteiger partial charge in [0.1, 0.15) is 10.7 Å². The zero-order chi connectivity index (χ0) is 21.4. The molecule has 2 N–H and O–H groups in total. The number of carbonyl (C=O) groups excluding carboxylic acids is 1. The monoisotopic (exact) mass is 457 g/mol. The summed E-state index contributed by atoms with van der Waals surface area (Å²) in [4.78, 5) is 41.6. The molecule has 2 aliphatic rings. The van der Waals surface area contributed by atoms with Crippen LogP contribution >= 0.6 is 22.7 Å². The standard InChI is InChI=1S/C22H27N5O2S2/c1-13-7-9-27(10-8-13)11-14-12-30-22(23-14)26-18(28)6-5-17-24-20(29)19-15-3-2-4-16(15)31-21(19)25-17/h12-13H,2-11H2,1H3,(H,23,26,28)(H,24,25,29). The van der Waals surface area contributed by atoms with Crippen LogP contribution in [-0.2, 0) is 30.6 Å². The minimum Gasteiger partial charge on any atom is -0.310 e. The van der Waals surface area contributed by atoms with Crippen LogP contribution in [0.15, 0.2) is 10.2 Å². The molecule has 0 atom stereocenters. The number of aromatic amines is 1. The number of likely N-dealkylation sites (tertiary alicyclic amines) is 1. The van der Waals surface area contributed by atoms with Crippen molar-refractivity contribution >= 4 is 43.9 Å². The molecule has 1 fully saturated rings. The van der Waals surface area contributed by atoms with Gasteiger partial charge in [-0.05, 0) is 56.7 Å². The molecule has 3 aromatic heterocycles. The van der Waals surface area contributed by atoms with E-state index in [1.165, 1.54) is 34.6 Å². The van der Waals surface area contributed by atoms with E-state index in [9.17, 15) is 9.59 Å². The van der Waals surface area contributed by atoms with E-state index in [4.69, 9.17) is 0 Å². The van der Waals surface area contributed by atoms with E-state index in [1.807, 2.05) is 5.38 Å². The minimum absolute atomic E-state index is 0.0727. The van der Waals surface area contributed by atoms with Crippen LogP contribution in [0.1, 0.15) is 54.6 Å². The molecule has 9 heteroatoms. The molecule has 0 saturated carbocycles. The number of nitrogens with one attached hydrogen (secondary N) is 2. The zero-order valence-corrected chi connectivity index (χ0v) is 19.3. The van der Waals surface area contributed by atoms with E-state index in [0.717, 1.165) is 60.7 Å². The largest absolute Gasteiger partial charge is 0.310 e. The van der Waals surface area contributed by atoms with E-state index in [2.05, 4.69) is 32.1 Å². The second-order valence-electron chi connectivity index (χ2n) is 8.70. The lowest BCUT2D eigenvalue weighted by Gasteiger charge is -2.29. The molecule has 0 bridgehead atoms. The van der Waals surface area contributed by atoms with Crippen LogP contribution in [0.5, 0.6) is 0 Å². The summed E-state index contributed by atoms with van der Waals surface area (Å²) in [6.07, 6.45) is 6.28. The first-order valence-electron chi connectivity index (χ1n) is 11.0. The number of carbonyl (C=O) groups is 1. The van der Waals surface area contributed by atoms with Gasteiger partial charge < -0.3 is 10.3 Å². The third-order valence-electron chi connectivity index (χ3n) is 6.27. The average molecular weight is 458 g/mol. The molecular formula is C22H27N5O2S2. The molecule has 0 unspecified atom stereocenters. The molecule has 1 saturated heterocycles. The second-order valence-corrected chi connectivity index (χ2v) is 10.6. The van der Waals surface area contributed by atoms with Gasteiger partial charge in [-0.2, -0.15) is 0 Å². The van der Waals surface area contributed by atoms with Crippen molar-refractivity contribution in [2.24, 2.45) is 5.92 Å². The van der Waals surface area contributed by atoms with Crippen molar-refractivity contribution in [1.82, 2.24) is 19.9 Å². The first-order valence-corrected chi connectivity index (χ1v) is 12.7. The van der Waals surface area contributed by atoms with Crippen molar-refractivity contribution in [2.45, 2.75) is 58.4 Å². The second kappa shape index (κ2) is 8.80. The molecule has 1 aliphatic carbocycles. The number of anilines is 1. The van der Waals surface area contributed by atoms with Crippen molar-refractivity contribution in [2.75, 3.05) is 18.4 Å². The predicted molar refractivity (Wildman–Crippen MR) is 125 cm³/mol. The Balaban J connectivity index is 1.16. The predicted octanol–water partition coefficient (Wildman–Crippen LogP) is 3.73. The summed E-state index contributed by atoms with van der Waals surface area (Å²) in [5, 5.41) is 6.31. The molecule has 164 valence electrons. The van der Waals surface area contributed by atoms with Gasteiger partial charge in [0.15, 0.2) is 5.13 Å². The lowest BCUT2D eigenvalue weighted by Crippen LogP contribution is -2.32. The van der Waals surface area contributed by atoms with Crippen LogP contribution in [-0.4, -0.2) is 38.8 Å². The highest BCUT2D eigenvalue weighted by atomic mass is 32.1. The van der Waals surface area contributed by atoms with Crippen LogP contribution in [0.2, 0.25) is 0 Å². The van der Waals surface area contributed by atoms with E-state index >= 15 is 0 Å². The van der Waals surface area contributed by atoms with Crippen molar-refractivity contribution < 1.29 is 4.79 Å². The average Bonchev–Trinajstić information content (AvgIpc) is 3.44. The first kappa shape index (κ1) is 20.8. The third kappa shape index (κ3) is 4.58. The van der Waals surface area contributed by atoms with Gasteiger partial charge in [-0.15, -0.1) is 22.7 Å². The van der Waals surface area contributed by atoms with Gasteiger partial charge in [0.2, 0.25) is 5.91 Å². The molecule has 7 nitrogen and oxygen atoms in total. The molecule has 0 spiro atoms. The number of hydrogen-bond acceptors (Lipinski definition) is 7. The van der Waals surface area contributed by atoms with Crippen LogP contribution < -0.4 is 10.9 Å². The Hall–Kier alpha value is -2.10. The number of nitrogens with zero attached hydrogens (tertiary/aromatic N) is 3. The summed E-state index contributed by atoms with van der Waals surface area (Å²) in [5.41, 5.74) is 2.12. The summed E-state index contributed by atoms with van der Waals surface area (Å²) < 4.78 is 0. The molecule has 1 amide bonds. The SMILES string of the molecule is CC1CCN(Cc2csc(NC(=O)CCc3nc4sc5c(c4c(=O)[nH]3)CCC5)n2)CC1. The number of fused-ring (bicyclic) bond motifs is 3. The van der Waals surface area contributed by atoms with Crippen LogP contribution in [0.3, 0.4) is 0 Å². The lowest BCUT2D eigenvalue weighted by atomic mass is 9.99. The Bertz CT molecular complexity index is 1160. The van der Waals surface area contributed by atoms with Crippen LogP contribution in [0.25, 0.3) is 10.2 Å². The quantitative estimate of drug-likeness (QED) is 0.589. The van der Waals surface area contributed by atoms with Crippen molar-refractivity contribution in [3.8, 4) is 0 Å². The van der Waals surface area contributed by atoms with Crippen molar-refractivity contribution in [1.29, 1.82) is 0 Å². The lowest BCUT2D eigenvalue weighted by molar-refractivity contribution is -0.116. The first-order chi connectivity index (χ1) is 15.0. The summed E-state index contributed by atoms with van der Waals surface area (Å²) in [7, 11) is 0. The summed E-state index contributed by atoms with van der Waals surface area (Å²) in [6, 6.07) is 0. The van der Waals surface area contributed by atoms with Gasteiger partial charge in [0.05, 0.1) is 11.1 Å². The van der Waals surface area contributed by atoms with Gasteiger partial charge in [-0.1, -0.05) is 6.92 Å². The van der Waals surface area contributed by atoms with Crippen molar-refractivity contribution in [3.05, 3.63) is 37.7 Å². The molecule has 5 rings (SSSR count). The minimum atomic E-state index is -0.107. The van der Waals surface area contributed by atoms with Gasteiger partial charge in [-0.25, -0.2) is 9.97 Å². The maximum absolute atomic E-state index is 12.5. The molecule has 4 heterocycles. The topological polar surface area (TPSA) is 91.0 Å². The van der Waals surface area contributed by atoms with Gasteiger partial charge in [0.25, 0.3) is 5.56 Å². The number of aryl methyl sites for hydroxylation is 3. The van der Waals surface area contributed by atoms with Gasteiger partial charge in [0, 0.05) is 29.6 Å². The Morgan fingerprint density at radius 1 is 1.29 bits per heavy atom. The number of thiazole rings is 1. The summed E-state index contributed by atoms with van der Waals surface area (Å²) >= 11 is 3.09. The maximum Gasteiger partial charge on any atom is 0.259 e. The smallest absolute Gasteiger partial charge is 0.259 e. The molecule has 0 aromatic carbocycles. The highest BCUT2D eigenvalue weighted by molar-refractivity contribution is 7.18. The summed E-state index contributed by atoms with van der Waals surface area (Å²) in [5.74, 6) is 1.28. The van der Waals surface area contributed by atoms with E-state index in [1.54, 1.807) is 11.3 Å². The molecular weight excluding hydrogens is 430 g/mol. The molecule has 0 radical (unpaired) electrons. The number of hydrogen-bond donors (Lipinski definition) is 2. The highest BCUT2D eigenvalue weighted by Gasteiger charge is 2.21. The molecule has 1 aliphatic heterocycles. The van der Waals surface area contributed by atoms with Gasteiger partial charge in [-0.3, -0.25) is 14.5 Å². The van der Waals surface area contributed by atoms with E-state index < -0.39 is 0 Å². The highest BCUT2D eigenvalue weighted by Crippen LogP contribution is 2.34. The Labute approximate surface area is 188 Å². The fraction of sp³-hybridized carbons (Fsp3) is 0.545. The van der Waals surface area contributed by atoms with Gasteiger partial charge >= 0.3 is 0 Å². The molecule has 31 heavy (non-hydrogen) atoms. The Kier molecular flexibility index (Phi) is 5.90. The van der Waals surface area contributed by atoms with Crippen LogP contribution in [0, 0.1) is 5.92 Å². The molecule has 3 aromatic rings. The van der Waals surface area contributed by atoms with Crippen molar-refractivity contribution in [3.63, 3.8) is 0 Å². The number of H-pyrrole nitrogens is 1. The number of piperidine rings is 1. The van der Waals surface area contributed by atoms with E-state index in [-0.39, 0.29) is 17.9 Å². The number of amides is 1. The fourth-order valence-corrected chi connectivity index (χ4v) is 6.46. The fourth-order valence-electron chi connectivity index (χ4n) is 4.47. The Morgan fingerprint density at radius 3 is 2.97 bits per heavy atom. The Morgan fingerprint density at radius 2 is 2.13 bits per heavy atom. The van der Waals surface area contributed by atoms with Crippen LogP contribution in [0.4, 0.5) is 5.13 Å². The number of rotatable bonds is 6. The summed E-state index contributed by atoms with van der Waals surface area (Å²) in [6.45, 7) is 5.38. The number of thiophene rings is 1. The number of aromatic nitrogens is 3.